The lowest BCUT2D eigenvalue weighted by atomic mass is 10.1. The van der Waals surface area contributed by atoms with E-state index >= 15 is 0 Å². The van der Waals surface area contributed by atoms with E-state index in [1.54, 1.807) is 38.5 Å². The van der Waals surface area contributed by atoms with E-state index in [2.05, 4.69) is 9.71 Å². The lowest BCUT2D eigenvalue weighted by Crippen LogP contribution is -2.45. The molecule has 0 bridgehead atoms. The van der Waals surface area contributed by atoms with Crippen LogP contribution in [-0.2, 0) is 26.2 Å². The van der Waals surface area contributed by atoms with Crippen molar-refractivity contribution in [2.75, 3.05) is 14.2 Å². The predicted octanol–water partition coefficient (Wildman–Crippen LogP) is 3.87. The number of sulfonamides is 1. The van der Waals surface area contributed by atoms with Gasteiger partial charge in [0.1, 0.15) is 29.2 Å². The minimum Gasteiger partial charge on any atom is -0.497 e. The van der Waals surface area contributed by atoms with Crippen LogP contribution in [-0.4, -0.2) is 39.6 Å². The molecular formula is C23H26N2O6S2. The summed E-state index contributed by atoms with van der Waals surface area (Å²) in [6.07, 6.45) is 0. The Labute approximate surface area is 197 Å². The molecule has 2 aromatic carbocycles. The molecule has 0 spiro atoms. The Balaban J connectivity index is 1.66. The van der Waals surface area contributed by atoms with Gasteiger partial charge in [0.15, 0.2) is 0 Å². The largest absolute Gasteiger partial charge is 0.497 e. The standard InChI is InChI=1S/C23H26N2O6S2/c1-15(2)21(25-33(27,28)20-10-8-18(29-3)9-11-20)23(26)31-13-17-14-32-22(24-17)16-6-5-7-19(12-16)30-4/h5-12,14-15,21,25H,13H2,1-4H3. The van der Waals surface area contributed by atoms with Crippen LogP contribution in [0.2, 0.25) is 0 Å². The van der Waals surface area contributed by atoms with Crippen molar-refractivity contribution >= 4 is 27.3 Å². The Morgan fingerprint density at radius 1 is 1.06 bits per heavy atom. The summed E-state index contributed by atoms with van der Waals surface area (Å²) in [6, 6.07) is 12.4. The molecule has 176 valence electrons. The van der Waals surface area contributed by atoms with Crippen molar-refractivity contribution in [3.8, 4) is 22.1 Å². The number of benzene rings is 2. The zero-order chi connectivity index (χ0) is 24.0. The summed E-state index contributed by atoms with van der Waals surface area (Å²) in [7, 11) is -0.836. The molecule has 1 atom stereocenters. The van der Waals surface area contributed by atoms with Crippen LogP contribution < -0.4 is 14.2 Å². The van der Waals surface area contributed by atoms with Gasteiger partial charge in [0.25, 0.3) is 0 Å². The molecule has 1 N–H and O–H groups in total. The number of hydrogen-bond acceptors (Lipinski definition) is 8. The van der Waals surface area contributed by atoms with Crippen molar-refractivity contribution in [2.45, 2.75) is 31.4 Å². The Kier molecular flexibility index (Phi) is 8.06. The first-order valence-electron chi connectivity index (χ1n) is 10.2. The number of methoxy groups -OCH3 is 2. The van der Waals surface area contributed by atoms with E-state index in [0.29, 0.717) is 11.4 Å². The van der Waals surface area contributed by atoms with Crippen LogP contribution >= 0.6 is 11.3 Å². The predicted molar refractivity (Wildman–Crippen MR) is 126 cm³/mol. The summed E-state index contributed by atoms with van der Waals surface area (Å²) in [5, 5.41) is 2.56. The summed E-state index contributed by atoms with van der Waals surface area (Å²) in [5.74, 6) is 0.260. The number of ether oxygens (including phenoxy) is 3. The van der Waals surface area contributed by atoms with Crippen molar-refractivity contribution in [3.05, 3.63) is 59.6 Å². The van der Waals surface area contributed by atoms with Gasteiger partial charge in [0, 0.05) is 10.9 Å². The Morgan fingerprint density at radius 2 is 1.76 bits per heavy atom. The molecule has 33 heavy (non-hydrogen) atoms. The van der Waals surface area contributed by atoms with Crippen LogP contribution in [0.15, 0.2) is 58.8 Å². The third-order valence-electron chi connectivity index (χ3n) is 4.80. The Bertz CT molecular complexity index is 1190. The van der Waals surface area contributed by atoms with Crippen LogP contribution in [0.1, 0.15) is 19.5 Å². The molecule has 1 heterocycles. The second-order valence-corrected chi connectivity index (χ2v) is 10.1. The molecule has 0 aliphatic carbocycles. The maximum atomic E-state index is 12.8. The van der Waals surface area contributed by atoms with Crippen LogP contribution in [0, 0.1) is 5.92 Å². The van der Waals surface area contributed by atoms with E-state index in [1.807, 2.05) is 24.3 Å². The van der Waals surface area contributed by atoms with Crippen LogP contribution in [0.3, 0.4) is 0 Å². The van der Waals surface area contributed by atoms with E-state index in [-0.39, 0.29) is 17.4 Å². The Morgan fingerprint density at radius 3 is 2.39 bits per heavy atom. The molecular weight excluding hydrogens is 464 g/mol. The highest BCUT2D eigenvalue weighted by molar-refractivity contribution is 7.89. The van der Waals surface area contributed by atoms with Gasteiger partial charge in [-0.05, 0) is 42.3 Å². The highest BCUT2D eigenvalue weighted by atomic mass is 32.2. The van der Waals surface area contributed by atoms with E-state index in [4.69, 9.17) is 14.2 Å². The zero-order valence-corrected chi connectivity index (χ0v) is 20.4. The topological polar surface area (TPSA) is 104 Å². The maximum absolute atomic E-state index is 12.8. The molecule has 0 radical (unpaired) electrons. The minimum absolute atomic E-state index is 0.0317. The number of esters is 1. The van der Waals surface area contributed by atoms with E-state index in [0.717, 1.165) is 16.3 Å². The molecule has 1 aromatic heterocycles. The van der Waals surface area contributed by atoms with Gasteiger partial charge in [0.2, 0.25) is 10.0 Å². The molecule has 8 nitrogen and oxygen atoms in total. The van der Waals surface area contributed by atoms with Crippen molar-refractivity contribution in [1.29, 1.82) is 0 Å². The lowest BCUT2D eigenvalue weighted by Gasteiger charge is -2.20. The van der Waals surface area contributed by atoms with Gasteiger partial charge in [-0.1, -0.05) is 26.0 Å². The number of aromatic nitrogens is 1. The van der Waals surface area contributed by atoms with Crippen LogP contribution in [0.5, 0.6) is 11.5 Å². The third kappa shape index (κ3) is 6.31. The van der Waals surface area contributed by atoms with Crippen molar-refractivity contribution in [2.24, 2.45) is 5.92 Å². The summed E-state index contributed by atoms with van der Waals surface area (Å²) in [4.78, 5) is 17.3. The van der Waals surface area contributed by atoms with Crippen LogP contribution in [0.25, 0.3) is 10.6 Å². The second kappa shape index (κ2) is 10.8. The molecule has 0 amide bonds. The first-order chi connectivity index (χ1) is 15.7. The lowest BCUT2D eigenvalue weighted by molar-refractivity contribution is -0.148. The smallest absolute Gasteiger partial charge is 0.324 e. The van der Waals surface area contributed by atoms with Crippen molar-refractivity contribution < 1.29 is 27.4 Å². The molecule has 0 saturated carbocycles. The van der Waals surface area contributed by atoms with Gasteiger partial charge in [-0.15, -0.1) is 11.3 Å². The van der Waals surface area contributed by atoms with Gasteiger partial charge in [-0.2, -0.15) is 4.72 Å². The van der Waals surface area contributed by atoms with Gasteiger partial charge >= 0.3 is 5.97 Å². The highest BCUT2D eigenvalue weighted by Crippen LogP contribution is 2.27. The molecule has 3 rings (SSSR count). The highest BCUT2D eigenvalue weighted by Gasteiger charge is 2.30. The number of carbonyl (C=O) groups is 1. The fourth-order valence-corrected chi connectivity index (χ4v) is 5.08. The number of thiazole rings is 1. The summed E-state index contributed by atoms with van der Waals surface area (Å²) in [6.45, 7) is 3.42. The average molecular weight is 491 g/mol. The number of nitrogens with zero attached hydrogens (tertiary/aromatic N) is 1. The first-order valence-corrected chi connectivity index (χ1v) is 12.5. The van der Waals surface area contributed by atoms with Gasteiger partial charge in [-0.3, -0.25) is 4.79 Å². The summed E-state index contributed by atoms with van der Waals surface area (Å²) >= 11 is 1.42. The number of carbonyl (C=O) groups excluding carboxylic acids is 1. The molecule has 0 aliphatic rings. The number of nitrogens with one attached hydrogen (secondary N) is 1. The zero-order valence-electron chi connectivity index (χ0n) is 18.8. The number of rotatable bonds is 10. The monoisotopic (exact) mass is 490 g/mol. The normalized spacial score (nSPS) is 12.4. The van der Waals surface area contributed by atoms with E-state index in [9.17, 15) is 13.2 Å². The average Bonchev–Trinajstić information content (AvgIpc) is 3.30. The molecule has 0 fully saturated rings. The van der Waals surface area contributed by atoms with E-state index in [1.165, 1.54) is 30.6 Å². The molecule has 1 unspecified atom stereocenters. The molecule has 0 aliphatic heterocycles. The summed E-state index contributed by atoms with van der Waals surface area (Å²) < 4.78 is 43.7. The third-order valence-corrected chi connectivity index (χ3v) is 7.20. The van der Waals surface area contributed by atoms with Crippen molar-refractivity contribution in [3.63, 3.8) is 0 Å². The minimum atomic E-state index is -3.93. The second-order valence-electron chi connectivity index (χ2n) is 7.50. The quantitative estimate of drug-likeness (QED) is 0.430. The summed E-state index contributed by atoms with van der Waals surface area (Å²) in [5.41, 5.74) is 1.47. The fraction of sp³-hybridized carbons (Fsp3) is 0.304. The molecule has 3 aromatic rings. The maximum Gasteiger partial charge on any atom is 0.324 e. The first kappa shape index (κ1) is 24.7. The van der Waals surface area contributed by atoms with Gasteiger partial charge < -0.3 is 14.2 Å². The molecule has 10 heteroatoms. The fourth-order valence-electron chi connectivity index (χ4n) is 2.94. The van der Waals surface area contributed by atoms with Crippen molar-refractivity contribution in [1.82, 2.24) is 9.71 Å². The van der Waals surface area contributed by atoms with Gasteiger partial charge in [0.05, 0.1) is 24.8 Å². The SMILES string of the molecule is COc1ccc(S(=O)(=O)NC(C(=O)OCc2csc(-c3cccc(OC)c3)n2)C(C)C)cc1. The van der Waals surface area contributed by atoms with Gasteiger partial charge in [-0.25, -0.2) is 13.4 Å². The molecule has 0 saturated heterocycles. The Hall–Kier alpha value is -2.95. The van der Waals surface area contributed by atoms with E-state index < -0.39 is 22.0 Å². The number of hydrogen-bond donors (Lipinski definition) is 1. The van der Waals surface area contributed by atoms with Crippen LogP contribution in [0.4, 0.5) is 0 Å².